The number of alkyl halides is 3. The SMILES string of the molecule is COC(=O)C1=CC(I)=C(C(F)(F)F)CC1N. The first-order chi connectivity index (χ1) is 7.27. The molecule has 0 heterocycles. The van der Waals surface area contributed by atoms with Crippen LogP contribution in [0.5, 0.6) is 0 Å². The highest BCUT2D eigenvalue weighted by atomic mass is 127. The van der Waals surface area contributed by atoms with Crippen LogP contribution in [0.15, 0.2) is 20.8 Å². The number of hydrogen-bond acceptors (Lipinski definition) is 3. The number of allylic oxidation sites excluding steroid dienone is 2. The summed E-state index contributed by atoms with van der Waals surface area (Å²) >= 11 is 1.54. The molecule has 7 heteroatoms. The fourth-order valence-corrected chi connectivity index (χ4v) is 2.20. The standard InChI is InChI=1S/C9H9F3INO2/c1-16-8(15)4-2-6(13)5(3-7(4)14)9(10,11)12/h2,7H,3,14H2,1H3. The average Bonchev–Trinajstić information content (AvgIpc) is 2.18. The molecule has 0 aromatic rings. The average molecular weight is 347 g/mol. The molecule has 3 nitrogen and oxygen atoms in total. The van der Waals surface area contributed by atoms with Gasteiger partial charge < -0.3 is 10.5 Å². The first kappa shape index (κ1) is 13.5. The van der Waals surface area contributed by atoms with Crippen molar-refractivity contribution in [1.82, 2.24) is 0 Å². The summed E-state index contributed by atoms with van der Waals surface area (Å²) in [6, 6.07) is -0.970. The van der Waals surface area contributed by atoms with Gasteiger partial charge >= 0.3 is 12.1 Å². The van der Waals surface area contributed by atoms with Crippen LogP contribution in [0.4, 0.5) is 13.2 Å². The monoisotopic (exact) mass is 347 g/mol. The molecular weight excluding hydrogens is 338 g/mol. The predicted octanol–water partition coefficient (Wildman–Crippen LogP) is 2.07. The lowest BCUT2D eigenvalue weighted by Gasteiger charge is -2.23. The van der Waals surface area contributed by atoms with Crippen LogP contribution in [-0.2, 0) is 9.53 Å². The second-order valence-corrected chi connectivity index (χ2v) is 4.39. The Hall–Kier alpha value is -0.570. The molecule has 0 aromatic carbocycles. The van der Waals surface area contributed by atoms with E-state index in [1.165, 1.54) is 22.6 Å². The van der Waals surface area contributed by atoms with Crippen LogP contribution < -0.4 is 5.73 Å². The Bertz CT molecular complexity index is 373. The summed E-state index contributed by atoms with van der Waals surface area (Å²) < 4.78 is 41.9. The number of carbonyl (C=O) groups excluding carboxylic acids is 1. The Labute approximate surface area is 104 Å². The lowest BCUT2D eigenvalue weighted by atomic mass is 9.93. The fourth-order valence-electron chi connectivity index (χ4n) is 1.34. The van der Waals surface area contributed by atoms with Crippen LogP contribution in [-0.4, -0.2) is 25.3 Å². The summed E-state index contributed by atoms with van der Waals surface area (Å²) in [5, 5.41) is 0. The van der Waals surface area contributed by atoms with Crippen molar-refractivity contribution in [3.8, 4) is 0 Å². The van der Waals surface area contributed by atoms with Gasteiger partial charge in [0.05, 0.1) is 12.7 Å². The number of halogens is 4. The highest BCUT2D eigenvalue weighted by Crippen LogP contribution is 2.38. The minimum Gasteiger partial charge on any atom is -0.466 e. The molecule has 0 saturated heterocycles. The molecule has 0 saturated carbocycles. The number of hydrogen-bond donors (Lipinski definition) is 1. The maximum atomic E-state index is 12.5. The molecule has 1 unspecified atom stereocenters. The number of ether oxygens (including phenoxy) is 1. The highest BCUT2D eigenvalue weighted by molar-refractivity contribution is 14.1. The molecule has 1 aliphatic carbocycles. The zero-order valence-corrected chi connectivity index (χ0v) is 10.4. The molecular formula is C9H9F3INO2. The summed E-state index contributed by atoms with van der Waals surface area (Å²) in [6.07, 6.45) is -3.68. The third-order valence-electron chi connectivity index (χ3n) is 2.16. The van der Waals surface area contributed by atoms with Crippen molar-refractivity contribution in [3.05, 3.63) is 20.8 Å². The normalized spacial score (nSPS) is 21.9. The van der Waals surface area contributed by atoms with Crippen molar-refractivity contribution in [2.75, 3.05) is 7.11 Å². The Kier molecular flexibility index (Phi) is 4.00. The largest absolute Gasteiger partial charge is 0.466 e. The Morgan fingerprint density at radius 2 is 2.19 bits per heavy atom. The first-order valence-electron chi connectivity index (χ1n) is 4.28. The van der Waals surface area contributed by atoms with Crippen LogP contribution in [0, 0.1) is 0 Å². The summed E-state index contributed by atoms with van der Waals surface area (Å²) in [5.41, 5.74) is 4.87. The van der Waals surface area contributed by atoms with E-state index in [-0.39, 0.29) is 9.15 Å². The maximum Gasteiger partial charge on any atom is 0.413 e. The van der Waals surface area contributed by atoms with Crippen molar-refractivity contribution in [3.63, 3.8) is 0 Å². The van der Waals surface area contributed by atoms with Gasteiger partial charge in [0, 0.05) is 15.2 Å². The van der Waals surface area contributed by atoms with Gasteiger partial charge in [-0.2, -0.15) is 13.2 Å². The van der Waals surface area contributed by atoms with Crippen LogP contribution in [0.25, 0.3) is 0 Å². The van der Waals surface area contributed by atoms with Crippen molar-refractivity contribution in [1.29, 1.82) is 0 Å². The topological polar surface area (TPSA) is 52.3 Å². The lowest BCUT2D eigenvalue weighted by molar-refractivity contribution is -0.136. The zero-order valence-electron chi connectivity index (χ0n) is 8.27. The van der Waals surface area contributed by atoms with Gasteiger partial charge in [-0.25, -0.2) is 4.79 Å². The second-order valence-electron chi connectivity index (χ2n) is 3.23. The highest BCUT2D eigenvalue weighted by Gasteiger charge is 2.39. The lowest BCUT2D eigenvalue weighted by Crippen LogP contribution is -2.33. The van der Waals surface area contributed by atoms with Crippen LogP contribution in [0.2, 0.25) is 0 Å². The van der Waals surface area contributed by atoms with E-state index < -0.39 is 30.2 Å². The van der Waals surface area contributed by atoms with Gasteiger partial charge in [0.1, 0.15) is 0 Å². The van der Waals surface area contributed by atoms with Gasteiger partial charge in [0.2, 0.25) is 0 Å². The van der Waals surface area contributed by atoms with Crippen molar-refractivity contribution in [2.24, 2.45) is 5.73 Å². The van der Waals surface area contributed by atoms with Gasteiger partial charge in [-0.3, -0.25) is 0 Å². The molecule has 0 spiro atoms. The molecule has 0 radical (unpaired) electrons. The van der Waals surface area contributed by atoms with Gasteiger partial charge in [0.15, 0.2) is 0 Å². The molecule has 1 rings (SSSR count). The molecule has 1 atom stereocenters. The molecule has 1 aliphatic rings. The first-order valence-corrected chi connectivity index (χ1v) is 5.36. The number of esters is 1. The Morgan fingerprint density at radius 3 is 2.62 bits per heavy atom. The van der Waals surface area contributed by atoms with Crippen LogP contribution in [0.1, 0.15) is 6.42 Å². The number of methoxy groups -OCH3 is 1. The fraction of sp³-hybridized carbons (Fsp3) is 0.444. The van der Waals surface area contributed by atoms with Crippen molar-refractivity contribution in [2.45, 2.75) is 18.6 Å². The van der Waals surface area contributed by atoms with E-state index in [0.29, 0.717) is 0 Å². The van der Waals surface area contributed by atoms with Gasteiger partial charge in [-0.05, 0) is 35.1 Å². The summed E-state index contributed by atoms with van der Waals surface area (Å²) in [5.74, 6) is -0.692. The molecule has 0 fully saturated rings. The molecule has 90 valence electrons. The van der Waals surface area contributed by atoms with Crippen LogP contribution >= 0.6 is 22.6 Å². The summed E-state index contributed by atoms with van der Waals surface area (Å²) in [6.45, 7) is 0. The second kappa shape index (κ2) is 4.74. The molecule has 0 aromatic heterocycles. The van der Waals surface area contributed by atoms with E-state index in [1.807, 2.05) is 0 Å². The van der Waals surface area contributed by atoms with Crippen LogP contribution in [0.3, 0.4) is 0 Å². The predicted molar refractivity (Wildman–Crippen MR) is 59.8 cm³/mol. The van der Waals surface area contributed by atoms with E-state index in [1.54, 1.807) is 0 Å². The van der Waals surface area contributed by atoms with Gasteiger partial charge in [-0.1, -0.05) is 0 Å². The third-order valence-corrected chi connectivity index (χ3v) is 3.12. The number of carbonyl (C=O) groups is 1. The third kappa shape index (κ3) is 2.76. The molecule has 16 heavy (non-hydrogen) atoms. The molecule has 0 amide bonds. The van der Waals surface area contributed by atoms with Crippen molar-refractivity contribution >= 4 is 28.6 Å². The summed E-state index contributed by atoms with van der Waals surface area (Å²) in [4.78, 5) is 11.2. The van der Waals surface area contributed by atoms with E-state index in [4.69, 9.17) is 5.73 Å². The molecule has 0 aliphatic heterocycles. The van der Waals surface area contributed by atoms with Crippen molar-refractivity contribution < 1.29 is 22.7 Å². The number of nitrogens with two attached hydrogens (primary N) is 1. The molecule has 2 N–H and O–H groups in total. The minimum absolute atomic E-state index is 0.0211. The van der Waals surface area contributed by atoms with Gasteiger partial charge in [-0.15, -0.1) is 0 Å². The minimum atomic E-state index is -4.41. The zero-order chi connectivity index (χ0) is 12.5. The van der Waals surface area contributed by atoms with E-state index >= 15 is 0 Å². The Morgan fingerprint density at radius 1 is 1.62 bits per heavy atom. The number of rotatable bonds is 1. The Balaban J connectivity index is 3.12. The van der Waals surface area contributed by atoms with E-state index in [2.05, 4.69) is 4.74 Å². The van der Waals surface area contributed by atoms with E-state index in [9.17, 15) is 18.0 Å². The quantitative estimate of drug-likeness (QED) is 0.584. The smallest absolute Gasteiger partial charge is 0.413 e. The van der Waals surface area contributed by atoms with E-state index in [0.717, 1.165) is 13.2 Å². The maximum absolute atomic E-state index is 12.5. The van der Waals surface area contributed by atoms with Gasteiger partial charge in [0.25, 0.3) is 0 Å². The summed E-state index contributed by atoms with van der Waals surface area (Å²) in [7, 11) is 1.16. The molecule has 0 bridgehead atoms.